The number of ether oxygens (including phenoxy) is 3. The van der Waals surface area contributed by atoms with Gasteiger partial charge in [-0.25, -0.2) is 4.98 Å². The van der Waals surface area contributed by atoms with Gasteiger partial charge in [-0.05, 0) is 29.8 Å². The minimum absolute atomic E-state index is 0.109. The maximum Gasteiger partial charge on any atom is 0.269 e. The molecule has 2 heterocycles. The summed E-state index contributed by atoms with van der Waals surface area (Å²) in [7, 11) is 0. The van der Waals surface area contributed by atoms with Crippen molar-refractivity contribution in [2.24, 2.45) is 0 Å². The summed E-state index contributed by atoms with van der Waals surface area (Å²) in [5.41, 5.74) is 2.07. The summed E-state index contributed by atoms with van der Waals surface area (Å²) in [6, 6.07) is 12.9. The summed E-state index contributed by atoms with van der Waals surface area (Å²) in [4.78, 5) is 16.2. The van der Waals surface area contributed by atoms with E-state index in [-0.39, 0.29) is 25.5 Å². The topological polar surface area (TPSA) is 82.8 Å². The lowest BCUT2D eigenvalue weighted by Crippen LogP contribution is -2.29. The van der Waals surface area contributed by atoms with Gasteiger partial charge in [0, 0.05) is 0 Å². The zero-order valence-corrected chi connectivity index (χ0v) is 14.0. The molecule has 1 N–H and O–H groups in total. The summed E-state index contributed by atoms with van der Waals surface area (Å²) in [5.74, 6) is 1.42. The quantitative estimate of drug-likeness (QED) is 0.726. The van der Waals surface area contributed by atoms with Crippen LogP contribution in [-0.2, 0) is 17.9 Å². The second kappa shape index (κ2) is 7.15. The average Bonchev–Trinajstić information content (AvgIpc) is 3.12. The number of aliphatic hydroxyl groups excluding tert-OH is 1. The molecule has 3 aromatic rings. The van der Waals surface area contributed by atoms with Crippen molar-refractivity contribution in [3.05, 3.63) is 64.6 Å². The molecule has 0 unspecified atom stereocenters. The number of hydrogen-bond donors (Lipinski definition) is 1. The summed E-state index contributed by atoms with van der Waals surface area (Å²) < 4.78 is 17.7. The first-order valence-electron chi connectivity index (χ1n) is 8.29. The van der Waals surface area contributed by atoms with Crippen LogP contribution in [0, 0.1) is 0 Å². The van der Waals surface area contributed by atoms with Crippen molar-refractivity contribution in [2.45, 2.75) is 19.3 Å². The molecule has 134 valence electrons. The smallest absolute Gasteiger partial charge is 0.269 e. The molecule has 4 rings (SSSR count). The molecule has 1 aromatic heterocycles. The number of aromatic nitrogens is 2. The standard InChI is InChI=1S/C19H18N2O5/c22-14(9-21-16-4-2-1-3-15(16)20-8-19(21)23)11-24-10-13-5-6-17-18(7-13)26-12-25-17/h1-8,14,22H,9-12H2/t14-/m1/s1. The molecule has 0 saturated carbocycles. The van der Waals surface area contributed by atoms with Crippen LogP contribution in [0.2, 0.25) is 0 Å². The van der Waals surface area contributed by atoms with Gasteiger partial charge < -0.3 is 23.9 Å². The molecule has 0 fully saturated rings. The highest BCUT2D eigenvalue weighted by Gasteiger charge is 2.14. The maximum absolute atomic E-state index is 12.1. The number of fused-ring (bicyclic) bond motifs is 2. The van der Waals surface area contributed by atoms with Crippen molar-refractivity contribution in [2.75, 3.05) is 13.4 Å². The Labute approximate surface area is 149 Å². The third-order valence-corrected chi connectivity index (χ3v) is 4.16. The third-order valence-electron chi connectivity index (χ3n) is 4.16. The molecule has 26 heavy (non-hydrogen) atoms. The Morgan fingerprint density at radius 2 is 2.04 bits per heavy atom. The van der Waals surface area contributed by atoms with Crippen LogP contribution in [0.1, 0.15) is 5.56 Å². The maximum atomic E-state index is 12.1. The molecule has 0 saturated heterocycles. The van der Waals surface area contributed by atoms with Crippen molar-refractivity contribution in [3.8, 4) is 11.5 Å². The Morgan fingerprint density at radius 1 is 1.19 bits per heavy atom. The summed E-state index contributed by atoms with van der Waals surface area (Å²) in [6.45, 7) is 0.813. The molecule has 0 bridgehead atoms. The largest absolute Gasteiger partial charge is 0.454 e. The third kappa shape index (κ3) is 3.40. The second-order valence-electron chi connectivity index (χ2n) is 6.05. The van der Waals surface area contributed by atoms with Crippen LogP contribution >= 0.6 is 0 Å². The zero-order chi connectivity index (χ0) is 17.9. The fourth-order valence-corrected chi connectivity index (χ4v) is 2.91. The predicted octanol–water partition coefficient (Wildman–Crippen LogP) is 1.70. The number of para-hydroxylation sites is 2. The van der Waals surface area contributed by atoms with E-state index in [2.05, 4.69) is 4.98 Å². The van der Waals surface area contributed by atoms with Crippen LogP contribution in [0.4, 0.5) is 0 Å². The molecule has 0 radical (unpaired) electrons. The van der Waals surface area contributed by atoms with Crippen LogP contribution in [0.5, 0.6) is 11.5 Å². The molecule has 1 aliphatic heterocycles. The van der Waals surface area contributed by atoms with Crippen LogP contribution in [0.15, 0.2) is 53.5 Å². The Morgan fingerprint density at radius 3 is 2.96 bits per heavy atom. The molecule has 7 heteroatoms. The Bertz CT molecular complexity index is 985. The Kier molecular flexibility index (Phi) is 4.55. The highest BCUT2D eigenvalue weighted by Crippen LogP contribution is 2.32. The normalized spacial score (nSPS) is 13.9. The Balaban J connectivity index is 1.38. The van der Waals surface area contributed by atoms with Gasteiger partial charge in [0.2, 0.25) is 6.79 Å². The lowest BCUT2D eigenvalue weighted by atomic mass is 10.2. The fraction of sp³-hybridized carbons (Fsp3) is 0.263. The number of benzene rings is 2. The van der Waals surface area contributed by atoms with Crippen molar-refractivity contribution < 1.29 is 19.3 Å². The van der Waals surface area contributed by atoms with E-state index < -0.39 is 6.10 Å². The lowest BCUT2D eigenvalue weighted by Gasteiger charge is -2.15. The number of aliphatic hydroxyl groups is 1. The first kappa shape index (κ1) is 16.6. The van der Waals surface area contributed by atoms with Crippen LogP contribution in [0.3, 0.4) is 0 Å². The summed E-state index contributed by atoms with van der Waals surface area (Å²) >= 11 is 0. The van der Waals surface area contributed by atoms with Gasteiger partial charge in [-0.2, -0.15) is 0 Å². The van der Waals surface area contributed by atoms with Crippen molar-refractivity contribution in [3.63, 3.8) is 0 Å². The van der Waals surface area contributed by atoms with E-state index in [0.29, 0.717) is 23.4 Å². The number of hydrogen-bond acceptors (Lipinski definition) is 6. The molecule has 1 atom stereocenters. The van der Waals surface area contributed by atoms with Crippen molar-refractivity contribution in [1.29, 1.82) is 0 Å². The summed E-state index contributed by atoms with van der Waals surface area (Å²) in [6.07, 6.45) is 0.454. The van der Waals surface area contributed by atoms with Crippen molar-refractivity contribution in [1.82, 2.24) is 9.55 Å². The van der Waals surface area contributed by atoms with Gasteiger partial charge in [0.15, 0.2) is 11.5 Å². The van der Waals surface area contributed by atoms with Gasteiger partial charge in [0.05, 0.1) is 43.1 Å². The average molecular weight is 354 g/mol. The highest BCUT2D eigenvalue weighted by atomic mass is 16.7. The molecule has 0 aliphatic carbocycles. The monoisotopic (exact) mass is 354 g/mol. The van der Waals surface area contributed by atoms with Crippen molar-refractivity contribution >= 4 is 11.0 Å². The van der Waals surface area contributed by atoms with E-state index in [0.717, 1.165) is 11.3 Å². The summed E-state index contributed by atoms with van der Waals surface area (Å²) in [5, 5.41) is 10.3. The van der Waals surface area contributed by atoms with E-state index in [1.54, 1.807) is 0 Å². The molecule has 0 amide bonds. The van der Waals surface area contributed by atoms with E-state index in [4.69, 9.17) is 14.2 Å². The van der Waals surface area contributed by atoms with Crippen LogP contribution in [0.25, 0.3) is 11.0 Å². The SMILES string of the molecule is O=c1cnc2ccccc2n1C[C@@H](O)COCc1ccc2c(c1)OCO2. The van der Waals surface area contributed by atoms with Gasteiger partial charge in [-0.3, -0.25) is 4.79 Å². The van der Waals surface area contributed by atoms with Gasteiger partial charge in [0.25, 0.3) is 5.56 Å². The molecule has 2 aromatic carbocycles. The molecule has 0 spiro atoms. The highest BCUT2D eigenvalue weighted by molar-refractivity contribution is 5.74. The molecule has 1 aliphatic rings. The zero-order valence-electron chi connectivity index (χ0n) is 14.0. The van der Waals surface area contributed by atoms with E-state index >= 15 is 0 Å². The van der Waals surface area contributed by atoms with E-state index in [1.165, 1.54) is 10.8 Å². The van der Waals surface area contributed by atoms with Gasteiger partial charge in [-0.15, -0.1) is 0 Å². The predicted molar refractivity (Wildman–Crippen MR) is 94.2 cm³/mol. The van der Waals surface area contributed by atoms with Crippen LogP contribution in [-0.4, -0.2) is 34.2 Å². The minimum atomic E-state index is -0.812. The first-order valence-corrected chi connectivity index (χ1v) is 8.29. The molecular weight excluding hydrogens is 336 g/mol. The van der Waals surface area contributed by atoms with Gasteiger partial charge >= 0.3 is 0 Å². The number of rotatable bonds is 6. The van der Waals surface area contributed by atoms with E-state index in [9.17, 15) is 9.90 Å². The Hall–Kier alpha value is -2.90. The van der Waals surface area contributed by atoms with Gasteiger partial charge in [0.1, 0.15) is 0 Å². The van der Waals surface area contributed by atoms with E-state index in [1.807, 2.05) is 42.5 Å². The second-order valence-corrected chi connectivity index (χ2v) is 6.05. The lowest BCUT2D eigenvalue weighted by molar-refractivity contribution is 0.0204. The molecular formula is C19H18N2O5. The fourth-order valence-electron chi connectivity index (χ4n) is 2.91. The minimum Gasteiger partial charge on any atom is -0.454 e. The molecule has 7 nitrogen and oxygen atoms in total. The van der Waals surface area contributed by atoms with Gasteiger partial charge in [-0.1, -0.05) is 18.2 Å². The first-order chi connectivity index (χ1) is 12.7. The van der Waals surface area contributed by atoms with Crippen LogP contribution < -0.4 is 15.0 Å². The number of nitrogens with zero attached hydrogens (tertiary/aromatic N) is 2.